The first-order valence-electron chi connectivity index (χ1n) is 7.39. The number of carbonyl (C=O) groups is 2. The number of piperidine rings is 1. The summed E-state index contributed by atoms with van der Waals surface area (Å²) < 4.78 is 4.88. The van der Waals surface area contributed by atoms with Gasteiger partial charge in [0.25, 0.3) is 0 Å². The molecule has 0 spiro atoms. The molecule has 6 heteroatoms. The number of amides is 2. The van der Waals surface area contributed by atoms with E-state index < -0.39 is 12.0 Å². The molecule has 1 saturated heterocycles. The van der Waals surface area contributed by atoms with Crippen molar-refractivity contribution in [2.75, 3.05) is 20.3 Å². The number of hydrogen-bond acceptors (Lipinski definition) is 3. The Labute approximate surface area is 120 Å². The SMILES string of the molecule is CCCC1CCCCN1C(=O)NC(CCOC)C(=O)O. The standard InChI is InChI=1S/C14H26N2O4/c1-3-6-11-7-4-5-9-16(11)14(19)15-12(13(17)18)8-10-20-2/h11-12H,3-10H2,1-2H3,(H,15,19)(H,17,18). The topological polar surface area (TPSA) is 78.9 Å². The second-order valence-corrected chi connectivity index (χ2v) is 5.25. The lowest BCUT2D eigenvalue weighted by Gasteiger charge is -2.36. The number of likely N-dealkylation sites (tertiary alicyclic amines) is 1. The Morgan fingerprint density at radius 1 is 1.45 bits per heavy atom. The van der Waals surface area contributed by atoms with Gasteiger partial charge in [0.1, 0.15) is 6.04 Å². The summed E-state index contributed by atoms with van der Waals surface area (Å²) in [4.78, 5) is 25.2. The van der Waals surface area contributed by atoms with Crippen LogP contribution in [0.15, 0.2) is 0 Å². The molecule has 0 aromatic heterocycles. The second-order valence-electron chi connectivity index (χ2n) is 5.25. The molecule has 20 heavy (non-hydrogen) atoms. The lowest BCUT2D eigenvalue weighted by atomic mass is 9.98. The molecular weight excluding hydrogens is 260 g/mol. The number of ether oxygens (including phenoxy) is 1. The minimum absolute atomic E-state index is 0.241. The van der Waals surface area contributed by atoms with Gasteiger partial charge in [-0.25, -0.2) is 9.59 Å². The van der Waals surface area contributed by atoms with Crippen LogP contribution in [0, 0.1) is 0 Å². The van der Waals surface area contributed by atoms with Crippen molar-refractivity contribution in [3.63, 3.8) is 0 Å². The van der Waals surface area contributed by atoms with Crippen molar-refractivity contribution in [3.05, 3.63) is 0 Å². The highest BCUT2D eigenvalue weighted by Gasteiger charge is 2.29. The molecular formula is C14H26N2O4. The molecule has 2 unspecified atom stereocenters. The van der Waals surface area contributed by atoms with E-state index in [1.807, 2.05) is 0 Å². The van der Waals surface area contributed by atoms with Crippen LogP contribution in [0.4, 0.5) is 4.79 Å². The Morgan fingerprint density at radius 3 is 2.80 bits per heavy atom. The monoisotopic (exact) mass is 286 g/mol. The van der Waals surface area contributed by atoms with E-state index in [0.29, 0.717) is 13.2 Å². The maximum atomic E-state index is 12.3. The first kappa shape index (κ1) is 16.8. The van der Waals surface area contributed by atoms with Crippen LogP contribution in [0.5, 0.6) is 0 Å². The van der Waals surface area contributed by atoms with Gasteiger partial charge < -0.3 is 20.1 Å². The van der Waals surface area contributed by atoms with Crippen LogP contribution in [0.3, 0.4) is 0 Å². The first-order chi connectivity index (χ1) is 9.60. The van der Waals surface area contributed by atoms with E-state index in [1.165, 1.54) is 7.11 Å². The zero-order valence-electron chi connectivity index (χ0n) is 12.4. The summed E-state index contributed by atoms with van der Waals surface area (Å²) >= 11 is 0. The molecule has 0 radical (unpaired) electrons. The summed E-state index contributed by atoms with van der Waals surface area (Å²) in [7, 11) is 1.52. The Bertz CT molecular complexity index is 320. The zero-order valence-corrected chi connectivity index (χ0v) is 12.4. The average molecular weight is 286 g/mol. The Hall–Kier alpha value is -1.30. The first-order valence-corrected chi connectivity index (χ1v) is 7.39. The molecule has 0 aliphatic carbocycles. The molecule has 2 amide bonds. The number of carboxylic acid groups (broad SMARTS) is 1. The van der Waals surface area contributed by atoms with E-state index in [-0.39, 0.29) is 18.5 Å². The molecule has 2 N–H and O–H groups in total. The van der Waals surface area contributed by atoms with Crippen LogP contribution in [0.25, 0.3) is 0 Å². The van der Waals surface area contributed by atoms with E-state index in [0.717, 1.165) is 32.1 Å². The van der Waals surface area contributed by atoms with Gasteiger partial charge in [0.2, 0.25) is 0 Å². The maximum absolute atomic E-state index is 12.3. The van der Waals surface area contributed by atoms with Crippen molar-refractivity contribution in [2.45, 2.75) is 57.5 Å². The molecule has 1 rings (SSSR count). The number of aliphatic carboxylic acids is 1. The lowest BCUT2D eigenvalue weighted by Crippen LogP contribution is -2.53. The summed E-state index contributed by atoms with van der Waals surface area (Å²) in [5.41, 5.74) is 0. The lowest BCUT2D eigenvalue weighted by molar-refractivity contribution is -0.139. The number of nitrogens with zero attached hydrogens (tertiary/aromatic N) is 1. The van der Waals surface area contributed by atoms with Gasteiger partial charge in [-0.05, 0) is 25.7 Å². The van der Waals surface area contributed by atoms with Crippen molar-refractivity contribution in [3.8, 4) is 0 Å². The number of carboxylic acids is 1. The highest BCUT2D eigenvalue weighted by molar-refractivity contribution is 5.82. The molecule has 0 bridgehead atoms. The highest BCUT2D eigenvalue weighted by atomic mass is 16.5. The molecule has 1 fully saturated rings. The maximum Gasteiger partial charge on any atom is 0.326 e. The second kappa shape index (κ2) is 8.79. The Balaban J connectivity index is 2.58. The third-order valence-electron chi connectivity index (χ3n) is 3.72. The van der Waals surface area contributed by atoms with E-state index in [2.05, 4.69) is 12.2 Å². The van der Waals surface area contributed by atoms with Crippen LogP contribution in [0.2, 0.25) is 0 Å². The fourth-order valence-electron chi connectivity index (χ4n) is 2.63. The van der Waals surface area contributed by atoms with Crippen LogP contribution in [0.1, 0.15) is 45.4 Å². The van der Waals surface area contributed by atoms with E-state index in [1.54, 1.807) is 4.90 Å². The molecule has 2 atom stereocenters. The quantitative estimate of drug-likeness (QED) is 0.748. The van der Waals surface area contributed by atoms with Crippen molar-refractivity contribution in [2.24, 2.45) is 0 Å². The number of rotatable bonds is 7. The van der Waals surface area contributed by atoms with Gasteiger partial charge in [-0.1, -0.05) is 13.3 Å². The number of nitrogens with one attached hydrogen (secondary N) is 1. The predicted octanol–water partition coefficient (Wildman–Crippen LogP) is 1.84. The average Bonchev–Trinajstić information content (AvgIpc) is 2.43. The van der Waals surface area contributed by atoms with Gasteiger partial charge in [0.15, 0.2) is 0 Å². The number of carbonyl (C=O) groups excluding carboxylic acids is 1. The molecule has 0 saturated carbocycles. The van der Waals surface area contributed by atoms with Crippen molar-refractivity contribution >= 4 is 12.0 Å². The third kappa shape index (κ3) is 5.00. The molecule has 1 aliphatic rings. The van der Waals surface area contributed by atoms with Crippen LogP contribution >= 0.6 is 0 Å². The molecule has 1 aliphatic heterocycles. The van der Waals surface area contributed by atoms with Gasteiger partial charge in [0, 0.05) is 32.7 Å². The Kier molecular flexibility index (Phi) is 7.36. The Morgan fingerprint density at radius 2 is 2.20 bits per heavy atom. The van der Waals surface area contributed by atoms with Gasteiger partial charge in [-0.15, -0.1) is 0 Å². The van der Waals surface area contributed by atoms with Crippen molar-refractivity contribution in [1.82, 2.24) is 10.2 Å². The minimum atomic E-state index is -1.01. The summed E-state index contributed by atoms with van der Waals surface area (Å²) in [6, 6.07) is -0.899. The van der Waals surface area contributed by atoms with Crippen molar-refractivity contribution in [1.29, 1.82) is 0 Å². The fourth-order valence-corrected chi connectivity index (χ4v) is 2.63. The number of urea groups is 1. The molecule has 0 aromatic rings. The summed E-state index contributed by atoms with van der Waals surface area (Å²) in [6.07, 6.45) is 5.43. The molecule has 6 nitrogen and oxygen atoms in total. The van der Waals surface area contributed by atoms with Crippen LogP contribution < -0.4 is 5.32 Å². The summed E-state index contributed by atoms with van der Waals surface area (Å²) in [6.45, 7) is 3.13. The predicted molar refractivity (Wildman–Crippen MR) is 75.7 cm³/mol. The zero-order chi connectivity index (χ0) is 15.0. The van der Waals surface area contributed by atoms with E-state index >= 15 is 0 Å². The number of methoxy groups -OCH3 is 1. The number of hydrogen-bond donors (Lipinski definition) is 2. The fraction of sp³-hybridized carbons (Fsp3) is 0.857. The van der Waals surface area contributed by atoms with Gasteiger partial charge in [-0.3, -0.25) is 0 Å². The third-order valence-corrected chi connectivity index (χ3v) is 3.72. The minimum Gasteiger partial charge on any atom is -0.480 e. The molecule has 0 aromatic carbocycles. The largest absolute Gasteiger partial charge is 0.480 e. The summed E-state index contributed by atoms with van der Waals surface area (Å²) in [5.74, 6) is -1.01. The molecule has 116 valence electrons. The summed E-state index contributed by atoms with van der Waals surface area (Å²) in [5, 5.41) is 11.7. The van der Waals surface area contributed by atoms with Crippen LogP contribution in [-0.4, -0.2) is 54.4 Å². The molecule has 1 heterocycles. The smallest absolute Gasteiger partial charge is 0.326 e. The van der Waals surface area contributed by atoms with E-state index in [9.17, 15) is 9.59 Å². The van der Waals surface area contributed by atoms with E-state index in [4.69, 9.17) is 9.84 Å². The van der Waals surface area contributed by atoms with Crippen molar-refractivity contribution < 1.29 is 19.4 Å². The van der Waals surface area contributed by atoms with Gasteiger partial charge in [-0.2, -0.15) is 0 Å². The highest BCUT2D eigenvalue weighted by Crippen LogP contribution is 2.20. The normalized spacial score (nSPS) is 20.5. The van der Waals surface area contributed by atoms with Gasteiger partial charge in [0.05, 0.1) is 0 Å². The van der Waals surface area contributed by atoms with Crippen LogP contribution in [-0.2, 0) is 9.53 Å². The van der Waals surface area contributed by atoms with Gasteiger partial charge >= 0.3 is 12.0 Å².